The lowest BCUT2D eigenvalue weighted by molar-refractivity contribution is 0.406. The minimum absolute atomic E-state index is 0.276. The van der Waals surface area contributed by atoms with Crippen LogP contribution in [-0.4, -0.2) is 16.9 Å². The van der Waals surface area contributed by atoms with Gasteiger partial charge in [-0.05, 0) is 34.5 Å². The number of halogens is 1. The van der Waals surface area contributed by atoms with Crippen LogP contribution in [0.4, 0.5) is 0 Å². The standard InChI is InChI=1S/C13H16BrN3O/c1-8-4-5-9(11(6-8)18-3)12(15)13-10(14)7-16-17(13)2/h4-7,12H,15H2,1-3H3. The highest BCUT2D eigenvalue weighted by Crippen LogP contribution is 2.32. The van der Waals surface area contributed by atoms with Crippen LogP contribution in [0.15, 0.2) is 28.9 Å². The summed E-state index contributed by atoms with van der Waals surface area (Å²) >= 11 is 3.47. The van der Waals surface area contributed by atoms with Gasteiger partial charge >= 0.3 is 0 Å². The van der Waals surface area contributed by atoms with Gasteiger partial charge in [-0.3, -0.25) is 4.68 Å². The average Bonchev–Trinajstić information content (AvgIpc) is 2.68. The smallest absolute Gasteiger partial charge is 0.124 e. The van der Waals surface area contributed by atoms with Crippen molar-refractivity contribution in [2.75, 3.05) is 7.11 Å². The second-order valence-corrected chi connectivity index (χ2v) is 5.08. The fourth-order valence-corrected chi connectivity index (χ4v) is 2.59. The molecule has 0 bridgehead atoms. The molecule has 4 nitrogen and oxygen atoms in total. The quantitative estimate of drug-likeness (QED) is 0.948. The van der Waals surface area contributed by atoms with Crippen LogP contribution in [-0.2, 0) is 7.05 Å². The molecular formula is C13H16BrN3O. The fourth-order valence-electron chi connectivity index (χ4n) is 1.99. The minimum Gasteiger partial charge on any atom is -0.496 e. The van der Waals surface area contributed by atoms with E-state index in [0.29, 0.717) is 0 Å². The maximum absolute atomic E-state index is 6.32. The monoisotopic (exact) mass is 309 g/mol. The summed E-state index contributed by atoms with van der Waals surface area (Å²) in [6.07, 6.45) is 1.75. The molecule has 1 aromatic carbocycles. The zero-order chi connectivity index (χ0) is 13.3. The van der Waals surface area contributed by atoms with Gasteiger partial charge in [0.25, 0.3) is 0 Å². The maximum Gasteiger partial charge on any atom is 0.124 e. The van der Waals surface area contributed by atoms with Crippen LogP contribution in [0.3, 0.4) is 0 Å². The molecule has 1 unspecified atom stereocenters. The number of benzene rings is 1. The summed E-state index contributed by atoms with van der Waals surface area (Å²) in [4.78, 5) is 0. The van der Waals surface area contributed by atoms with Crippen LogP contribution in [0.2, 0.25) is 0 Å². The number of methoxy groups -OCH3 is 1. The molecule has 0 fully saturated rings. The van der Waals surface area contributed by atoms with Gasteiger partial charge in [-0.1, -0.05) is 12.1 Å². The van der Waals surface area contributed by atoms with Gasteiger partial charge in [-0.2, -0.15) is 5.10 Å². The number of ether oxygens (including phenoxy) is 1. The summed E-state index contributed by atoms with van der Waals surface area (Å²) in [5.74, 6) is 0.801. The van der Waals surface area contributed by atoms with E-state index in [1.807, 2.05) is 32.2 Å². The Morgan fingerprint density at radius 2 is 2.17 bits per heavy atom. The zero-order valence-electron chi connectivity index (χ0n) is 10.6. The molecule has 2 rings (SSSR count). The van der Waals surface area contributed by atoms with E-state index < -0.39 is 0 Å². The Balaban J connectivity index is 2.49. The lowest BCUT2D eigenvalue weighted by atomic mass is 10.0. The Bertz CT molecular complexity index is 546. The molecule has 18 heavy (non-hydrogen) atoms. The van der Waals surface area contributed by atoms with Gasteiger partial charge in [0, 0.05) is 12.6 Å². The highest BCUT2D eigenvalue weighted by atomic mass is 79.9. The molecule has 2 aromatic rings. The minimum atomic E-state index is -0.276. The van der Waals surface area contributed by atoms with Gasteiger partial charge in [0.05, 0.1) is 29.5 Å². The van der Waals surface area contributed by atoms with E-state index in [4.69, 9.17) is 10.5 Å². The first-order chi connectivity index (χ1) is 8.54. The second-order valence-electron chi connectivity index (χ2n) is 4.22. The highest BCUT2D eigenvalue weighted by molar-refractivity contribution is 9.10. The molecule has 0 amide bonds. The van der Waals surface area contributed by atoms with Crippen molar-refractivity contribution in [3.8, 4) is 5.75 Å². The third-order valence-electron chi connectivity index (χ3n) is 2.96. The molecule has 1 heterocycles. The number of aromatic nitrogens is 2. The van der Waals surface area contributed by atoms with Gasteiger partial charge < -0.3 is 10.5 Å². The molecule has 0 saturated carbocycles. The van der Waals surface area contributed by atoms with Crippen LogP contribution < -0.4 is 10.5 Å². The Morgan fingerprint density at radius 3 is 2.72 bits per heavy atom. The molecule has 1 aromatic heterocycles. The van der Waals surface area contributed by atoms with Crippen molar-refractivity contribution >= 4 is 15.9 Å². The molecule has 0 aliphatic rings. The van der Waals surface area contributed by atoms with Crippen molar-refractivity contribution < 1.29 is 4.74 Å². The van der Waals surface area contributed by atoms with Gasteiger partial charge in [0.1, 0.15) is 5.75 Å². The van der Waals surface area contributed by atoms with E-state index in [9.17, 15) is 0 Å². The predicted octanol–water partition coefficient (Wildman–Crippen LogP) is 2.55. The van der Waals surface area contributed by atoms with E-state index in [-0.39, 0.29) is 6.04 Å². The van der Waals surface area contributed by atoms with Crippen LogP contribution in [0.25, 0.3) is 0 Å². The number of hydrogen-bond acceptors (Lipinski definition) is 3. The molecule has 0 radical (unpaired) electrons. The Kier molecular flexibility index (Phi) is 3.73. The lowest BCUT2D eigenvalue weighted by Gasteiger charge is -2.17. The first-order valence-corrected chi connectivity index (χ1v) is 6.41. The van der Waals surface area contributed by atoms with Crippen molar-refractivity contribution in [1.82, 2.24) is 9.78 Å². The van der Waals surface area contributed by atoms with Crippen LogP contribution in [0, 0.1) is 6.92 Å². The average molecular weight is 310 g/mol. The number of aryl methyl sites for hydroxylation is 2. The van der Waals surface area contributed by atoms with Crippen LogP contribution in [0.5, 0.6) is 5.75 Å². The summed E-state index contributed by atoms with van der Waals surface area (Å²) in [7, 11) is 3.53. The topological polar surface area (TPSA) is 53.1 Å². The van der Waals surface area contributed by atoms with Gasteiger partial charge in [0.2, 0.25) is 0 Å². The Labute approximate surface area is 115 Å². The molecule has 0 spiro atoms. The molecular weight excluding hydrogens is 294 g/mol. The third kappa shape index (κ3) is 2.28. The molecule has 0 aliphatic carbocycles. The van der Waals surface area contributed by atoms with Gasteiger partial charge in [-0.25, -0.2) is 0 Å². The Hall–Kier alpha value is -1.33. The van der Waals surface area contributed by atoms with Crippen molar-refractivity contribution in [3.05, 3.63) is 45.7 Å². The summed E-state index contributed by atoms with van der Waals surface area (Å²) in [6, 6.07) is 5.74. The van der Waals surface area contributed by atoms with Crippen LogP contribution >= 0.6 is 15.9 Å². The predicted molar refractivity (Wildman–Crippen MR) is 74.7 cm³/mol. The Morgan fingerprint density at radius 1 is 1.44 bits per heavy atom. The van der Waals surface area contributed by atoms with Crippen LogP contribution in [0.1, 0.15) is 22.9 Å². The number of rotatable bonds is 3. The van der Waals surface area contributed by atoms with Gasteiger partial charge in [0.15, 0.2) is 0 Å². The summed E-state index contributed by atoms with van der Waals surface area (Å²) < 4.78 is 8.07. The zero-order valence-corrected chi connectivity index (χ0v) is 12.2. The van der Waals surface area contributed by atoms with Crippen molar-refractivity contribution in [3.63, 3.8) is 0 Å². The van der Waals surface area contributed by atoms with Crippen molar-refractivity contribution in [2.24, 2.45) is 12.8 Å². The molecule has 0 aliphatic heterocycles. The SMILES string of the molecule is COc1cc(C)ccc1C(N)c1c(Br)cnn1C. The number of hydrogen-bond donors (Lipinski definition) is 1. The van der Waals surface area contributed by atoms with Crippen molar-refractivity contribution in [2.45, 2.75) is 13.0 Å². The molecule has 5 heteroatoms. The van der Waals surface area contributed by atoms with Crippen molar-refractivity contribution in [1.29, 1.82) is 0 Å². The highest BCUT2D eigenvalue weighted by Gasteiger charge is 2.20. The molecule has 2 N–H and O–H groups in total. The van der Waals surface area contributed by atoms with E-state index in [1.165, 1.54) is 0 Å². The van der Waals surface area contributed by atoms with E-state index >= 15 is 0 Å². The molecule has 96 valence electrons. The maximum atomic E-state index is 6.32. The molecule has 0 saturated heterocycles. The largest absolute Gasteiger partial charge is 0.496 e. The summed E-state index contributed by atoms with van der Waals surface area (Å²) in [5.41, 5.74) is 9.34. The van der Waals surface area contributed by atoms with E-state index in [1.54, 1.807) is 18.0 Å². The van der Waals surface area contributed by atoms with Gasteiger partial charge in [-0.15, -0.1) is 0 Å². The summed E-state index contributed by atoms with van der Waals surface area (Å²) in [6.45, 7) is 2.03. The fraction of sp³-hybridized carbons (Fsp3) is 0.308. The van der Waals surface area contributed by atoms with E-state index in [0.717, 1.165) is 27.0 Å². The van der Waals surface area contributed by atoms with E-state index in [2.05, 4.69) is 21.0 Å². The normalized spacial score (nSPS) is 12.5. The number of nitrogens with two attached hydrogens (primary N) is 1. The number of nitrogens with zero attached hydrogens (tertiary/aromatic N) is 2. The molecule has 1 atom stereocenters. The first-order valence-electron chi connectivity index (χ1n) is 5.62. The first kappa shape index (κ1) is 13.1. The second kappa shape index (κ2) is 5.12. The lowest BCUT2D eigenvalue weighted by Crippen LogP contribution is -2.17. The summed E-state index contributed by atoms with van der Waals surface area (Å²) in [5, 5.41) is 4.18. The third-order valence-corrected chi connectivity index (χ3v) is 3.57.